The lowest BCUT2D eigenvalue weighted by Gasteiger charge is -2.12. The quantitative estimate of drug-likeness (QED) is 0.802. The largest absolute Gasteiger partial charge is 0.355 e. The van der Waals surface area contributed by atoms with Crippen LogP contribution in [0.5, 0.6) is 0 Å². The van der Waals surface area contributed by atoms with Gasteiger partial charge in [-0.2, -0.15) is 0 Å². The Labute approximate surface area is 110 Å². The second-order valence-corrected chi connectivity index (χ2v) is 5.55. The first kappa shape index (κ1) is 15.6. The average Bonchev–Trinajstić information content (AvgIpc) is 2.33. The van der Waals surface area contributed by atoms with Gasteiger partial charge >= 0.3 is 13.3 Å². The molecule has 0 aliphatic carbocycles. The Hall–Kier alpha value is -1.43. The van der Waals surface area contributed by atoms with Crippen LogP contribution in [0.25, 0.3) is 6.20 Å². The monoisotopic (exact) mass is 288 g/mol. The van der Waals surface area contributed by atoms with E-state index in [-0.39, 0.29) is 13.2 Å². The summed E-state index contributed by atoms with van der Waals surface area (Å²) in [6.07, 6.45) is 2.61. The molecule has 8 heteroatoms. The summed E-state index contributed by atoms with van der Waals surface area (Å²) in [6, 6.07) is 0. The first-order valence-corrected chi connectivity index (χ1v) is 7.43. The van der Waals surface area contributed by atoms with Gasteiger partial charge in [-0.1, -0.05) is 0 Å². The molecule has 0 saturated carbocycles. The minimum atomic E-state index is -3.36. The van der Waals surface area contributed by atoms with Crippen molar-refractivity contribution >= 4 is 13.8 Å². The second kappa shape index (κ2) is 6.65. The Morgan fingerprint density at radius 1 is 1.32 bits per heavy atom. The van der Waals surface area contributed by atoms with E-state index in [0.717, 1.165) is 4.57 Å². The maximum Gasteiger partial charge on any atom is 0.355 e. The van der Waals surface area contributed by atoms with Gasteiger partial charge in [0.2, 0.25) is 0 Å². The van der Waals surface area contributed by atoms with Gasteiger partial charge in [0.25, 0.3) is 5.56 Å². The zero-order valence-corrected chi connectivity index (χ0v) is 12.0. The fourth-order valence-corrected chi connectivity index (χ4v) is 2.61. The Kier molecular flexibility index (Phi) is 5.47. The van der Waals surface area contributed by atoms with Crippen LogP contribution in [0.4, 0.5) is 0 Å². The lowest BCUT2D eigenvalue weighted by Crippen LogP contribution is -2.28. The van der Waals surface area contributed by atoms with Gasteiger partial charge in [0.1, 0.15) is 0 Å². The normalized spacial score (nSPS) is 12.2. The zero-order valence-electron chi connectivity index (χ0n) is 11.1. The van der Waals surface area contributed by atoms with E-state index in [0.29, 0.717) is 5.56 Å². The number of aryl methyl sites for hydroxylation is 1. The highest BCUT2D eigenvalue weighted by Crippen LogP contribution is 2.49. The van der Waals surface area contributed by atoms with Crippen molar-refractivity contribution < 1.29 is 13.6 Å². The number of aromatic amines is 1. The molecule has 106 valence electrons. The van der Waals surface area contributed by atoms with Crippen molar-refractivity contribution in [1.29, 1.82) is 0 Å². The van der Waals surface area contributed by atoms with Gasteiger partial charge in [0.05, 0.1) is 13.2 Å². The number of rotatable bonds is 6. The van der Waals surface area contributed by atoms with Crippen molar-refractivity contribution in [2.75, 3.05) is 13.2 Å². The molecule has 7 nitrogen and oxygen atoms in total. The molecular weight excluding hydrogens is 271 g/mol. The Bertz CT molecular complexity index is 606. The molecule has 1 N–H and O–H groups in total. The molecule has 0 spiro atoms. The number of hydrogen-bond donors (Lipinski definition) is 1. The lowest BCUT2D eigenvalue weighted by molar-refractivity contribution is 0.229. The number of nitrogens with zero attached hydrogens (tertiary/aromatic N) is 1. The number of nitrogens with one attached hydrogen (secondary N) is 1. The van der Waals surface area contributed by atoms with E-state index in [4.69, 9.17) is 9.05 Å². The minimum Gasteiger partial charge on any atom is -0.306 e. The standard InChI is InChI=1S/C11H17N2O5P/c1-4-17-19(16,18-5-2)7-6-13-8-9(3)10(14)12-11(13)15/h6-8H,4-5H2,1-3H3,(H,12,14,15)/b7-6-. The topological polar surface area (TPSA) is 90.4 Å². The van der Waals surface area contributed by atoms with Gasteiger partial charge < -0.3 is 9.05 Å². The summed E-state index contributed by atoms with van der Waals surface area (Å²) in [6.45, 7) is 5.39. The third-order valence-corrected chi connectivity index (χ3v) is 3.91. The van der Waals surface area contributed by atoms with Crippen molar-refractivity contribution in [3.05, 3.63) is 38.4 Å². The van der Waals surface area contributed by atoms with E-state index >= 15 is 0 Å². The van der Waals surface area contributed by atoms with Crippen LogP contribution in [0, 0.1) is 6.92 Å². The molecule has 1 heterocycles. The molecule has 0 unspecified atom stereocenters. The van der Waals surface area contributed by atoms with Crippen molar-refractivity contribution in [2.45, 2.75) is 20.8 Å². The molecule has 0 atom stereocenters. The first-order chi connectivity index (χ1) is 8.91. The molecule has 0 aliphatic heterocycles. The summed E-state index contributed by atoms with van der Waals surface area (Å²) in [5.41, 5.74) is -0.703. The average molecular weight is 288 g/mol. The molecule has 19 heavy (non-hydrogen) atoms. The maximum absolute atomic E-state index is 12.1. The zero-order chi connectivity index (χ0) is 14.5. The molecule has 0 saturated heterocycles. The van der Waals surface area contributed by atoms with Crippen LogP contribution in [0.15, 0.2) is 21.6 Å². The van der Waals surface area contributed by atoms with E-state index in [9.17, 15) is 14.2 Å². The van der Waals surface area contributed by atoms with Crippen LogP contribution in [0.3, 0.4) is 0 Å². The fraction of sp³-hybridized carbons (Fsp3) is 0.455. The van der Waals surface area contributed by atoms with Crippen LogP contribution in [-0.4, -0.2) is 22.8 Å². The summed E-state index contributed by atoms with van der Waals surface area (Å²) in [5, 5.41) is 0. The maximum atomic E-state index is 12.1. The fourth-order valence-electron chi connectivity index (χ4n) is 1.33. The van der Waals surface area contributed by atoms with E-state index < -0.39 is 18.8 Å². The predicted molar refractivity (Wildman–Crippen MR) is 72.2 cm³/mol. The molecule has 0 radical (unpaired) electrons. The van der Waals surface area contributed by atoms with Crippen molar-refractivity contribution in [3.8, 4) is 0 Å². The number of aromatic nitrogens is 2. The Balaban J connectivity index is 3.09. The number of H-pyrrole nitrogens is 1. The molecule has 0 amide bonds. The van der Waals surface area contributed by atoms with E-state index in [1.807, 2.05) is 0 Å². The van der Waals surface area contributed by atoms with Gasteiger partial charge in [0, 0.05) is 23.8 Å². The molecule has 0 fully saturated rings. The van der Waals surface area contributed by atoms with Gasteiger partial charge in [-0.05, 0) is 20.8 Å². The first-order valence-electron chi connectivity index (χ1n) is 5.82. The summed E-state index contributed by atoms with van der Waals surface area (Å²) < 4.78 is 23.3. The molecule has 1 rings (SSSR count). The van der Waals surface area contributed by atoms with E-state index in [2.05, 4.69) is 4.98 Å². The Morgan fingerprint density at radius 2 is 1.89 bits per heavy atom. The Morgan fingerprint density at radius 3 is 2.42 bits per heavy atom. The highest BCUT2D eigenvalue weighted by Gasteiger charge is 2.19. The van der Waals surface area contributed by atoms with Crippen LogP contribution in [0.1, 0.15) is 19.4 Å². The summed E-state index contributed by atoms with van der Waals surface area (Å²) in [4.78, 5) is 24.8. The van der Waals surface area contributed by atoms with E-state index in [1.54, 1.807) is 20.8 Å². The molecule has 0 bridgehead atoms. The summed E-state index contributed by atoms with van der Waals surface area (Å²) >= 11 is 0. The van der Waals surface area contributed by atoms with Crippen molar-refractivity contribution in [3.63, 3.8) is 0 Å². The smallest absolute Gasteiger partial charge is 0.306 e. The van der Waals surface area contributed by atoms with Crippen molar-refractivity contribution in [1.82, 2.24) is 9.55 Å². The van der Waals surface area contributed by atoms with Gasteiger partial charge in [-0.25, -0.2) is 4.79 Å². The predicted octanol–water partition coefficient (Wildman–Crippen LogP) is 1.54. The van der Waals surface area contributed by atoms with Gasteiger partial charge in [-0.3, -0.25) is 18.9 Å². The third kappa shape index (κ3) is 4.31. The molecule has 1 aromatic rings. The summed E-state index contributed by atoms with van der Waals surface area (Å²) in [5.74, 6) is 1.19. The highest BCUT2D eigenvalue weighted by atomic mass is 31.2. The van der Waals surface area contributed by atoms with Crippen LogP contribution in [-0.2, 0) is 13.6 Å². The van der Waals surface area contributed by atoms with Crippen LogP contribution < -0.4 is 11.2 Å². The third-order valence-electron chi connectivity index (χ3n) is 2.17. The highest BCUT2D eigenvalue weighted by molar-refractivity contribution is 7.57. The molecule has 0 aliphatic rings. The molecular formula is C11H17N2O5P. The second-order valence-electron chi connectivity index (χ2n) is 3.65. The van der Waals surface area contributed by atoms with Gasteiger partial charge in [0.15, 0.2) is 0 Å². The lowest BCUT2D eigenvalue weighted by atomic mass is 10.4. The SMILES string of the molecule is CCOP(=O)(/C=C\n1cc(C)c(=O)[nH]c1=O)OCC. The molecule has 1 aromatic heterocycles. The minimum absolute atomic E-state index is 0.223. The van der Waals surface area contributed by atoms with Crippen LogP contribution >= 0.6 is 7.60 Å². The summed E-state index contributed by atoms with van der Waals surface area (Å²) in [7, 11) is -3.36. The van der Waals surface area contributed by atoms with E-state index in [1.165, 1.54) is 18.2 Å². The number of hydrogen-bond acceptors (Lipinski definition) is 5. The van der Waals surface area contributed by atoms with Crippen molar-refractivity contribution in [2.24, 2.45) is 0 Å². The van der Waals surface area contributed by atoms with Gasteiger partial charge in [-0.15, -0.1) is 0 Å². The molecule has 0 aromatic carbocycles. The van der Waals surface area contributed by atoms with Crippen LogP contribution in [0.2, 0.25) is 0 Å².